The maximum absolute atomic E-state index is 6.27. The lowest BCUT2D eigenvalue weighted by molar-refractivity contribution is 0.268. The molecule has 0 aliphatic rings. The number of rotatable bonds is 8. The minimum Gasteiger partial charge on any atom is -0.313 e. The smallest absolute Gasteiger partial charge is 0.0453 e. The van der Waals surface area contributed by atoms with E-state index in [1.807, 2.05) is 19.2 Å². The molecule has 1 rings (SSSR count). The SMILES string of the molecule is CCC(C)CN(C)CCC(NC)c1ccccc1Cl. The average molecular weight is 283 g/mol. The summed E-state index contributed by atoms with van der Waals surface area (Å²) in [7, 11) is 4.20. The fourth-order valence-electron chi connectivity index (χ4n) is 2.31. The Bertz CT molecular complexity index is 368. The van der Waals surface area contributed by atoms with E-state index in [1.54, 1.807) is 0 Å². The molecule has 19 heavy (non-hydrogen) atoms. The molecule has 108 valence electrons. The number of halogens is 1. The highest BCUT2D eigenvalue weighted by molar-refractivity contribution is 6.31. The van der Waals surface area contributed by atoms with Crippen LogP contribution in [0.15, 0.2) is 24.3 Å². The lowest BCUT2D eigenvalue weighted by Gasteiger charge is -2.24. The average Bonchev–Trinajstić information content (AvgIpc) is 2.41. The molecule has 0 saturated heterocycles. The van der Waals surface area contributed by atoms with Crippen LogP contribution >= 0.6 is 11.6 Å². The van der Waals surface area contributed by atoms with Crippen molar-refractivity contribution in [2.45, 2.75) is 32.7 Å². The van der Waals surface area contributed by atoms with Crippen LogP contribution in [0.25, 0.3) is 0 Å². The van der Waals surface area contributed by atoms with Gasteiger partial charge in [-0.05, 0) is 44.6 Å². The first-order valence-corrected chi connectivity index (χ1v) is 7.56. The first-order valence-electron chi connectivity index (χ1n) is 7.18. The molecule has 0 aliphatic heterocycles. The van der Waals surface area contributed by atoms with Crippen LogP contribution < -0.4 is 5.32 Å². The Balaban J connectivity index is 2.52. The van der Waals surface area contributed by atoms with E-state index in [9.17, 15) is 0 Å². The molecular formula is C16H27ClN2. The summed E-state index contributed by atoms with van der Waals surface area (Å²) >= 11 is 6.27. The third kappa shape index (κ3) is 5.52. The molecule has 0 fully saturated rings. The van der Waals surface area contributed by atoms with Crippen molar-refractivity contribution in [2.24, 2.45) is 5.92 Å². The summed E-state index contributed by atoms with van der Waals surface area (Å²) in [4.78, 5) is 2.41. The molecule has 2 atom stereocenters. The van der Waals surface area contributed by atoms with E-state index in [0.717, 1.165) is 30.5 Å². The van der Waals surface area contributed by atoms with Crippen LogP contribution in [0.2, 0.25) is 5.02 Å². The quantitative estimate of drug-likeness (QED) is 0.776. The van der Waals surface area contributed by atoms with Crippen molar-refractivity contribution in [1.29, 1.82) is 0 Å². The van der Waals surface area contributed by atoms with E-state index in [4.69, 9.17) is 11.6 Å². The monoisotopic (exact) mass is 282 g/mol. The van der Waals surface area contributed by atoms with Gasteiger partial charge in [-0.2, -0.15) is 0 Å². The summed E-state index contributed by atoms with van der Waals surface area (Å²) in [6.07, 6.45) is 2.32. The summed E-state index contributed by atoms with van der Waals surface area (Å²) in [5.41, 5.74) is 1.20. The largest absolute Gasteiger partial charge is 0.313 e. The van der Waals surface area contributed by atoms with Crippen molar-refractivity contribution >= 4 is 11.6 Å². The van der Waals surface area contributed by atoms with E-state index >= 15 is 0 Å². The van der Waals surface area contributed by atoms with Gasteiger partial charge < -0.3 is 10.2 Å². The molecule has 1 aromatic carbocycles. The van der Waals surface area contributed by atoms with Gasteiger partial charge in [0.15, 0.2) is 0 Å². The molecular weight excluding hydrogens is 256 g/mol. The summed E-state index contributed by atoms with van der Waals surface area (Å²) in [5, 5.41) is 4.22. The molecule has 0 saturated carbocycles. The minimum absolute atomic E-state index is 0.327. The summed E-state index contributed by atoms with van der Waals surface area (Å²) in [5.74, 6) is 0.762. The molecule has 0 amide bonds. The molecule has 0 spiro atoms. The van der Waals surface area contributed by atoms with Crippen molar-refractivity contribution in [1.82, 2.24) is 10.2 Å². The Morgan fingerprint density at radius 1 is 1.32 bits per heavy atom. The topological polar surface area (TPSA) is 15.3 Å². The predicted molar refractivity (Wildman–Crippen MR) is 84.8 cm³/mol. The van der Waals surface area contributed by atoms with Crippen LogP contribution in [-0.2, 0) is 0 Å². The van der Waals surface area contributed by atoms with E-state index in [2.05, 4.69) is 43.2 Å². The Kier molecular flexibility index (Phi) is 7.44. The Labute approximate surface area is 123 Å². The Hall–Kier alpha value is -0.570. The highest BCUT2D eigenvalue weighted by atomic mass is 35.5. The van der Waals surface area contributed by atoms with Crippen molar-refractivity contribution in [3.8, 4) is 0 Å². The van der Waals surface area contributed by atoms with E-state index in [0.29, 0.717) is 6.04 Å². The van der Waals surface area contributed by atoms with Gasteiger partial charge in [-0.1, -0.05) is 50.1 Å². The molecule has 3 heteroatoms. The highest BCUT2D eigenvalue weighted by Gasteiger charge is 2.13. The van der Waals surface area contributed by atoms with Gasteiger partial charge in [0.1, 0.15) is 0 Å². The van der Waals surface area contributed by atoms with Crippen LogP contribution in [0, 0.1) is 5.92 Å². The maximum Gasteiger partial charge on any atom is 0.0453 e. The van der Waals surface area contributed by atoms with Crippen molar-refractivity contribution in [3.63, 3.8) is 0 Å². The fraction of sp³-hybridized carbons (Fsp3) is 0.625. The van der Waals surface area contributed by atoms with Crippen molar-refractivity contribution < 1.29 is 0 Å². The molecule has 0 aliphatic carbocycles. The number of hydrogen-bond donors (Lipinski definition) is 1. The second-order valence-corrected chi connectivity index (χ2v) is 5.83. The maximum atomic E-state index is 6.27. The lowest BCUT2D eigenvalue weighted by atomic mass is 10.0. The molecule has 1 N–H and O–H groups in total. The van der Waals surface area contributed by atoms with Gasteiger partial charge in [0.05, 0.1) is 0 Å². The van der Waals surface area contributed by atoms with Gasteiger partial charge in [-0.15, -0.1) is 0 Å². The summed E-state index contributed by atoms with van der Waals surface area (Å²) < 4.78 is 0. The molecule has 2 nitrogen and oxygen atoms in total. The van der Waals surface area contributed by atoms with Gasteiger partial charge in [0.2, 0.25) is 0 Å². The molecule has 1 aromatic rings. The van der Waals surface area contributed by atoms with Gasteiger partial charge in [0.25, 0.3) is 0 Å². The van der Waals surface area contributed by atoms with E-state index in [-0.39, 0.29) is 0 Å². The zero-order valence-electron chi connectivity index (χ0n) is 12.6. The Morgan fingerprint density at radius 3 is 2.58 bits per heavy atom. The third-order valence-corrected chi connectivity index (χ3v) is 4.09. The van der Waals surface area contributed by atoms with Gasteiger partial charge in [-0.3, -0.25) is 0 Å². The van der Waals surface area contributed by atoms with Gasteiger partial charge >= 0.3 is 0 Å². The molecule has 0 heterocycles. The standard InChI is InChI=1S/C16H27ClN2/c1-5-13(2)12-19(4)11-10-16(18-3)14-8-6-7-9-15(14)17/h6-9,13,16,18H,5,10-12H2,1-4H3. The van der Waals surface area contributed by atoms with Crippen molar-refractivity contribution in [2.75, 3.05) is 27.2 Å². The van der Waals surface area contributed by atoms with Gasteiger partial charge in [0, 0.05) is 17.6 Å². The second kappa shape index (κ2) is 8.57. The van der Waals surface area contributed by atoms with Crippen molar-refractivity contribution in [3.05, 3.63) is 34.9 Å². The molecule has 0 radical (unpaired) electrons. The zero-order chi connectivity index (χ0) is 14.3. The van der Waals surface area contributed by atoms with Crippen LogP contribution in [0.4, 0.5) is 0 Å². The van der Waals surface area contributed by atoms with Crippen LogP contribution in [0.3, 0.4) is 0 Å². The Morgan fingerprint density at radius 2 is 2.00 bits per heavy atom. The molecule has 0 aromatic heterocycles. The number of benzene rings is 1. The molecule has 0 bridgehead atoms. The normalized spacial score (nSPS) is 14.6. The zero-order valence-corrected chi connectivity index (χ0v) is 13.4. The number of hydrogen-bond acceptors (Lipinski definition) is 2. The first-order chi connectivity index (χ1) is 9.08. The van der Waals surface area contributed by atoms with Gasteiger partial charge in [-0.25, -0.2) is 0 Å². The minimum atomic E-state index is 0.327. The molecule has 2 unspecified atom stereocenters. The summed E-state index contributed by atoms with van der Waals surface area (Å²) in [6, 6.07) is 8.43. The highest BCUT2D eigenvalue weighted by Crippen LogP contribution is 2.24. The van der Waals surface area contributed by atoms with Crippen LogP contribution in [0.5, 0.6) is 0 Å². The van der Waals surface area contributed by atoms with Crippen LogP contribution in [0.1, 0.15) is 38.3 Å². The lowest BCUT2D eigenvalue weighted by Crippen LogP contribution is -2.28. The van der Waals surface area contributed by atoms with Crippen LogP contribution in [-0.4, -0.2) is 32.1 Å². The second-order valence-electron chi connectivity index (χ2n) is 5.43. The first kappa shape index (κ1) is 16.5. The number of nitrogens with zero attached hydrogens (tertiary/aromatic N) is 1. The third-order valence-electron chi connectivity index (χ3n) is 3.75. The van der Waals surface area contributed by atoms with E-state index in [1.165, 1.54) is 12.0 Å². The fourth-order valence-corrected chi connectivity index (χ4v) is 2.58. The summed E-state index contributed by atoms with van der Waals surface area (Å²) in [6.45, 7) is 6.80. The van der Waals surface area contributed by atoms with E-state index < -0.39 is 0 Å². The number of nitrogens with one attached hydrogen (secondary N) is 1. The predicted octanol–water partition coefficient (Wildman–Crippen LogP) is 3.97.